The number of allylic oxidation sites excluding steroid dienone is 1. The van der Waals surface area contributed by atoms with Crippen molar-refractivity contribution in [1.82, 2.24) is 0 Å². The van der Waals surface area contributed by atoms with Crippen LogP contribution in [0.1, 0.15) is 59.3 Å². The standard InChI is InChI=1S/C22H32O5/c1-12(23)26-14-4-5-15-16-8-9-22(3)19(6-7-21(22)27-13(2)24)17(16)11-20(25)18(15)10-14/h4-5,14-21,25H,6-11H2,1-3H3/t14-,15+,16+,17+,18-,19-,20+,21-,22-/m0/s1. The zero-order valence-electron chi connectivity index (χ0n) is 16.6. The fourth-order valence-electron chi connectivity index (χ4n) is 7.01. The van der Waals surface area contributed by atoms with Gasteiger partial charge in [-0.2, -0.15) is 0 Å². The summed E-state index contributed by atoms with van der Waals surface area (Å²) in [7, 11) is 0. The van der Waals surface area contributed by atoms with E-state index in [9.17, 15) is 14.7 Å². The average molecular weight is 376 g/mol. The quantitative estimate of drug-likeness (QED) is 0.592. The first-order chi connectivity index (χ1) is 12.8. The fourth-order valence-corrected chi connectivity index (χ4v) is 7.01. The number of hydrogen-bond donors (Lipinski definition) is 1. The Labute approximate surface area is 161 Å². The molecule has 27 heavy (non-hydrogen) atoms. The molecule has 0 saturated heterocycles. The van der Waals surface area contributed by atoms with E-state index in [-0.39, 0.29) is 41.6 Å². The second-order valence-electron chi connectivity index (χ2n) is 9.47. The van der Waals surface area contributed by atoms with E-state index in [2.05, 4.69) is 13.0 Å². The lowest BCUT2D eigenvalue weighted by Crippen LogP contribution is -2.53. The van der Waals surface area contributed by atoms with Crippen molar-refractivity contribution in [2.45, 2.75) is 77.6 Å². The van der Waals surface area contributed by atoms with E-state index in [0.29, 0.717) is 23.7 Å². The van der Waals surface area contributed by atoms with E-state index in [0.717, 1.165) is 38.5 Å². The van der Waals surface area contributed by atoms with Crippen LogP contribution in [0, 0.1) is 35.0 Å². The molecule has 0 radical (unpaired) electrons. The third-order valence-corrected chi connectivity index (χ3v) is 8.08. The van der Waals surface area contributed by atoms with Crippen LogP contribution in [0.15, 0.2) is 12.2 Å². The summed E-state index contributed by atoms with van der Waals surface area (Å²) in [5.41, 5.74) is 0.0397. The maximum absolute atomic E-state index is 11.5. The van der Waals surface area contributed by atoms with E-state index in [1.165, 1.54) is 13.8 Å². The van der Waals surface area contributed by atoms with Crippen molar-refractivity contribution >= 4 is 11.9 Å². The molecule has 3 fully saturated rings. The van der Waals surface area contributed by atoms with Crippen molar-refractivity contribution in [2.24, 2.45) is 35.0 Å². The van der Waals surface area contributed by atoms with Gasteiger partial charge in [0.1, 0.15) is 12.2 Å². The predicted molar refractivity (Wildman–Crippen MR) is 99.5 cm³/mol. The number of aliphatic hydroxyl groups excluding tert-OH is 1. The molecule has 150 valence electrons. The van der Waals surface area contributed by atoms with Crippen molar-refractivity contribution in [3.63, 3.8) is 0 Å². The Morgan fingerprint density at radius 1 is 0.963 bits per heavy atom. The Hall–Kier alpha value is -1.36. The molecule has 4 aliphatic carbocycles. The number of fused-ring (bicyclic) bond motifs is 5. The van der Waals surface area contributed by atoms with Crippen LogP contribution in [0.3, 0.4) is 0 Å². The van der Waals surface area contributed by atoms with Gasteiger partial charge in [-0.3, -0.25) is 9.59 Å². The summed E-state index contributed by atoms with van der Waals surface area (Å²) in [5.74, 6) is 1.66. The van der Waals surface area contributed by atoms with Gasteiger partial charge in [-0.25, -0.2) is 0 Å². The molecule has 0 heterocycles. The zero-order valence-corrected chi connectivity index (χ0v) is 16.6. The molecule has 0 aromatic rings. The number of ether oxygens (including phenoxy) is 2. The average Bonchev–Trinajstić information content (AvgIpc) is 2.91. The lowest BCUT2D eigenvalue weighted by Gasteiger charge is -2.55. The van der Waals surface area contributed by atoms with Crippen molar-refractivity contribution in [1.29, 1.82) is 0 Å². The SMILES string of the molecule is CC(=O)O[C@H]1CC[C@H]2[C@@H]3C[C@@H](O)[C@H]4C[C@@H](OC(C)=O)C=C[C@@H]4[C@H]3CC[C@]12C. The first kappa shape index (κ1) is 19.0. The largest absolute Gasteiger partial charge is 0.462 e. The van der Waals surface area contributed by atoms with Crippen LogP contribution in [0.25, 0.3) is 0 Å². The minimum Gasteiger partial charge on any atom is -0.462 e. The smallest absolute Gasteiger partial charge is 0.303 e. The highest BCUT2D eigenvalue weighted by Gasteiger charge is 2.59. The number of hydrogen-bond acceptors (Lipinski definition) is 5. The summed E-state index contributed by atoms with van der Waals surface area (Å²) in [6, 6.07) is 0. The summed E-state index contributed by atoms with van der Waals surface area (Å²) in [5, 5.41) is 11.0. The zero-order chi connectivity index (χ0) is 19.3. The molecule has 4 aliphatic rings. The topological polar surface area (TPSA) is 72.8 Å². The molecule has 9 atom stereocenters. The molecular formula is C22H32O5. The molecule has 0 aliphatic heterocycles. The van der Waals surface area contributed by atoms with E-state index < -0.39 is 0 Å². The number of esters is 2. The second-order valence-corrected chi connectivity index (χ2v) is 9.47. The molecule has 0 unspecified atom stereocenters. The van der Waals surface area contributed by atoms with Gasteiger partial charge in [-0.1, -0.05) is 13.0 Å². The Kier molecular flexibility index (Phi) is 4.86. The molecule has 0 aromatic carbocycles. The van der Waals surface area contributed by atoms with Gasteiger partial charge < -0.3 is 14.6 Å². The summed E-state index contributed by atoms with van der Waals surface area (Å²) in [6.07, 6.45) is 9.47. The highest BCUT2D eigenvalue weighted by Crippen LogP contribution is 2.62. The van der Waals surface area contributed by atoms with Gasteiger partial charge in [0.15, 0.2) is 0 Å². The normalized spacial score (nSPS) is 48.1. The Balaban J connectivity index is 1.54. The lowest BCUT2D eigenvalue weighted by molar-refractivity contribution is -0.159. The molecule has 0 spiro atoms. The minimum atomic E-state index is -0.352. The van der Waals surface area contributed by atoms with E-state index in [1.807, 2.05) is 6.08 Å². The van der Waals surface area contributed by atoms with Crippen molar-refractivity contribution in [3.8, 4) is 0 Å². The molecule has 3 saturated carbocycles. The molecule has 0 amide bonds. The van der Waals surface area contributed by atoms with Crippen LogP contribution in [-0.2, 0) is 19.1 Å². The maximum Gasteiger partial charge on any atom is 0.303 e. The molecule has 5 heteroatoms. The summed E-state index contributed by atoms with van der Waals surface area (Å²) in [6.45, 7) is 5.24. The van der Waals surface area contributed by atoms with Gasteiger partial charge in [0.2, 0.25) is 0 Å². The Morgan fingerprint density at radius 3 is 2.41 bits per heavy atom. The van der Waals surface area contributed by atoms with Gasteiger partial charge >= 0.3 is 11.9 Å². The number of aliphatic hydroxyl groups is 1. The molecule has 1 N–H and O–H groups in total. The Morgan fingerprint density at radius 2 is 1.70 bits per heavy atom. The second kappa shape index (κ2) is 6.91. The van der Waals surface area contributed by atoms with Crippen molar-refractivity contribution in [2.75, 3.05) is 0 Å². The fraction of sp³-hybridized carbons (Fsp3) is 0.818. The summed E-state index contributed by atoms with van der Waals surface area (Å²) in [4.78, 5) is 22.8. The lowest BCUT2D eigenvalue weighted by atomic mass is 9.50. The number of carbonyl (C=O) groups excluding carboxylic acids is 2. The summed E-state index contributed by atoms with van der Waals surface area (Å²) >= 11 is 0. The predicted octanol–water partition coefficient (Wildman–Crippen LogP) is 3.25. The third-order valence-electron chi connectivity index (χ3n) is 8.08. The van der Waals surface area contributed by atoms with Crippen LogP contribution >= 0.6 is 0 Å². The van der Waals surface area contributed by atoms with Crippen molar-refractivity contribution < 1.29 is 24.2 Å². The van der Waals surface area contributed by atoms with Gasteiger partial charge in [0.25, 0.3) is 0 Å². The molecular weight excluding hydrogens is 344 g/mol. The van der Waals surface area contributed by atoms with Gasteiger partial charge in [0.05, 0.1) is 6.10 Å². The first-order valence-corrected chi connectivity index (χ1v) is 10.5. The van der Waals surface area contributed by atoms with Gasteiger partial charge in [-0.15, -0.1) is 0 Å². The first-order valence-electron chi connectivity index (χ1n) is 10.5. The molecule has 4 rings (SSSR count). The van der Waals surface area contributed by atoms with Crippen LogP contribution in [0.4, 0.5) is 0 Å². The van der Waals surface area contributed by atoms with Crippen molar-refractivity contribution in [3.05, 3.63) is 12.2 Å². The van der Waals surface area contributed by atoms with E-state index in [4.69, 9.17) is 9.47 Å². The van der Waals surface area contributed by atoms with Crippen LogP contribution in [0.5, 0.6) is 0 Å². The molecule has 0 bridgehead atoms. The van der Waals surface area contributed by atoms with E-state index in [1.54, 1.807) is 0 Å². The van der Waals surface area contributed by atoms with E-state index >= 15 is 0 Å². The van der Waals surface area contributed by atoms with Crippen LogP contribution in [0.2, 0.25) is 0 Å². The highest BCUT2D eigenvalue weighted by molar-refractivity contribution is 5.66. The van der Waals surface area contributed by atoms with Crippen LogP contribution in [-0.4, -0.2) is 35.4 Å². The molecule has 0 aromatic heterocycles. The van der Waals surface area contributed by atoms with Gasteiger partial charge in [0, 0.05) is 19.3 Å². The summed E-state index contributed by atoms with van der Waals surface area (Å²) < 4.78 is 11.1. The number of carbonyl (C=O) groups is 2. The monoisotopic (exact) mass is 376 g/mol. The molecule has 5 nitrogen and oxygen atoms in total. The maximum atomic E-state index is 11.5. The third kappa shape index (κ3) is 3.22. The Bertz CT molecular complexity index is 643. The van der Waals surface area contributed by atoms with Crippen LogP contribution < -0.4 is 0 Å². The number of rotatable bonds is 2. The highest BCUT2D eigenvalue weighted by atomic mass is 16.5. The van der Waals surface area contributed by atoms with Gasteiger partial charge in [-0.05, 0) is 74.2 Å². The minimum absolute atomic E-state index is 0.0195.